The van der Waals surface area contributed by atoms with Crippen LogP contribution in [-0.4, -0.2) is 16.5 Å². The number of carbonyl (C=O) groups is 1. The van der Waals surface area contributed by atoms with Gasteiger partial charge in [0.05, 0.1) is 17.3 Å². The van der Waals surface area contributed by atoms with E-state index in [-0.39, 0.29) is 23.9 Å². The molecule has 5 nitrogen and oxygen atoms in total. The number of nitrogens with one attached hydrogen (secondary N) is 1. The van der Waals surface area contributed by atoms with Gasteiger partial charge >= 0.3 is 0 Å². The summed E-state index contributed by atoms with van der Waals surface area (Å²) in [6, 6.07) is 18.7. The van der Waals surface area contributed by atoms with Gasteiger partial charge in [0.25, 0.3) is 0 Å². The van der Waals surface area contributed by atoms with Gasteiger partial charge in [-0.3, -0.25) is 9.59 Å². The minimum atomic E-state index is -0.0779. The van der Waals surface area contributed by atoms with E-state index in [1.54, 1.807) is 6.26 Å². The predicted octanol–water partition coefficient (Wildman–Crippen LogP) is 3.89. The zero-order chi connectivity index (χ0) is 19.5. The second-order valence-corrected chi connectivity index (χ2v) is 7.04. The molecule has 0 saturated carbocycles. The highest BCUT2D eigenvalue weighted by molar-refractivity contribution is 5.94. The first-order valence-corrected chi connectivity index (χ1v) is 9.45. The molecule has 0 fully saturated rings. The molecule has 1 unspecified atom stereocenters. The smallest absolute Gasteiger partial charge is 0.240 e. The standard InChI is InChI=1S/C23H22N2O3/c1-16(12-13-17-7-6-14-28-17)24-22(26)15-25-20-10-4-2-8-18(20)23(27)19-9-3-5-11-21(19)25/h2-11,14,16H,12-13,15H2,1H3,(H,24,26). The summed E-state index contributed by atoms with van der Waals surface area (Å²) in [4.78, 5) is 25.5. The van der Waals surface area contributed by atoms with Crippen LogP contribution in [0.15, 0.2) is 76.1 Å². The van der Waals surface area contributed by atoms with E-state index in [0.717, 1.165) is 29.6 Å². The van der Waals surface area contributed by atoms with Gasteiger partial charge in [0.1, 0.15) is 12.3 Å². The fraction of sp³-hybridized carbons (Fsp3) is 0.217. The van der Waals surface area contributed by atoms with Crippen LogP contribution >= 0.6 is 0 Å². The lowest BCUT2D eigenvalue weighted by Gasteiger charge is -2.17. The van der Waals surface area contributed by atoms with Crippen LogP contribution in [0.3, 0.4) is 0 Å². The van der Waals surface area contributed by atoms with Gasteiger partial charge in [-0.15, -0.1) is 0 Å². The third-order valence-electron chi connectivity index (χ3n) is 4.99. The second kappa shape index (κ2) is 7.72. The van der Waals surface area contributed by atoms with Crippen molar-refractivity contribution in [2.45, 2.75) is 32.4 Å². The monoisotopic (exact) mass is 374 g/mol. The van der Waals surface area contributed by atoms with E-state index in [4.69, 9.17) is 4.42 Å². The maximum Gasteiger partial charge on any atom is 0.240 e. The normalized spacial score (nSPS) is 12.3. The molecule has 2 heterocycles. The van der Waals surface area contributed by atoms with Crippen molar-refractivity contribution in [2.24, 2.45) is 0 Å². The Morgan fingerprint density at radius 2 is 1.64 bits per heavy atom. The molecule has 0 aliphatic rings. The number of fused-ring (bicyclic) bond motifs is 2. The zero-order valence-corrected chi connectivity index (χ0v) is 15.7. The molecule has 0 radical (unpaired) electrons. The lowest BCUT2D eigenvalue weighted by Crippen LogP contribution is -2.35. The first-order chi connectivity index (χ1) is 13.6. The highest BCUT2D eigenvalue weighted by Crippen LogP contribution is 2.19. The number of carbonyl (C=O) groups excluding carboxylic acids is 1. The van der Waals surface area contributed by atoms with Crippen molar-refractivity contribution in [3.05, 3.63) is 82.9 Å². The molecular formula is C23H22N2O3. The Labute approximate surface area is 162 Å². The lowest BCUT2D eigenvalue weighted by atomic mass is 10.1. The largest absolute Gasteiger partial charge is 0.469 e. The molecule has 28 heavy (non-hydrogen) atoms. The van der Waals surface area contributed by atoms with Gasteiger partial charge in [0.2, 0.25) is 5.91 Å². The van der Waals surface area contributed by atoms with E-state index >= 15 is 0 Å². The van der Waals surface area contributed by atoms with E-state index in [0.29, 0.717) is 10.8 Å². The van der Waals surface area contributed by atoms with Crippen molar-refractivity contribution in [3.63, 3.8) is 0 Å². The molecule has 1 amide bonds. The van der Waals surface area contributed by atoms with E-state index in [9.17, 15) is 9.59 Å². The van der Waals surface area contributed by atoms with Gasteiger partial charge in [-0.05, 0) is 49.7 Å². The number of furan rings is 1. The molecule has 0 bridgehead atoms. The Morgan fingerprint density at radius 3 is 2.25 bits per heavy atom. The molecule has 4 aromatic rings. The SMILES string of the molecule is CC(CCc1ccco1)NC(=O)Cn1c2ccccc2c(=O)c2ccccc21. The molecular weight excluding hydrogens is 352 g/mol. The van der Waals surface area contributed by atoms with Crippen LogP contribution in [0.5, 0.6) is 0 Å². The van der Waals surface area contributed by atoms with Gasteiger partial charge < -0.3 is 14.3 Å². The molecule has 0 spiro atoms. The molecule has 4 rings (SSSR count). The van der Waals surface area contributed by atoms with Gasteiger partial charge in [0, 0.05) is 23.2 Å². The van der Waals surface area contributed by atoms with Crippen molar-refractivity contribution >= 4 is 27.7 Å². The van der Waals surface area contributed by atoms with Gasteiger partial charge in [-0.25, -0.2) is 0 Å². The number of benzene rings is 2. The third-order valence-corrected chi connectivity index (χ3v) is 4.99. The van der Waals surface area contributed by atoms with Crippen LogP contribution in [0, 0.1) is 0 Å². The van der Waals surface area contributed by atoms with Crippen LogP contribution < -0.4 is 10.7 Å². The Morgan fingerprint density at radius 1 is 1.00 bits per heavy atom. The van der Waals surface area contributed by atoms with Crippen LogP contribution in [0.2, 0.25) is 0 Å². The van der Waals surface area contributed by atoms with E-state index in [1.807, 2.05) is 72.2 Å². The number of rotatable bonds is 6. The van der Waals surface area contributed by atoms with E-state index in [2.05, 4.69) is 5.32 Å². The van der Waals surface area contributed by atoms with Crippen molar-refractivity contribution < 1.29 is 9.21 Å². The van der Waals surface area contributed by atoms with Crippen molar-refractivity contribution in [1.82, 2.24) is 9.88 Å². The number of amides is 1. The molecule has 0 aliphatic heterocycles. The zero-order valence-electron chi connectivity index (χ0n) is 15.7. The third kappa shape index (κ3) is 3.56. The molecule has 142 valence electrons. The number of hydrogen-bond donors (Lipinski definition) is 1. The minimum Gasteiger partial charge on any atom is -0.469 e. The summed E-state index contributed by atoms with van der Waals surface area (Å²) in [7, 11) is 0. The average molecular weight is 374 g/mol. The summed E-state index contributed by atoms with van der Waals surface area (Å²) in [5.74, 6) is 0.837. The van der Waals surface area contributed by atoms with Crippen LogP contribution in [0.4, 0.5) is 0 Å². The molecule has 2 aromatic heterocycles. The number of aryl methyl sites for hydroxylation is 1. The molecule has 1 atom stereocenters. The van der Waals surface area contributed by atoms with E-state index < -0.39 is 0 Å². The molecule has 2 aromatic carbocycles. The quantitative estimate of drug-likeness (QED) is 0.521. The van der Waals surface area contributed by atoms with Crippen molar-refractivity contribution in [3.8, 4) is 0 Å². The summed E-state index contributed by atoms with van der Waals surface area (Å²) in [6.07, 6.45) is 3.23. The summed E-state index contributed by atoms with van der Waals surface area (Å²) in [5.41, 5.74) is 1.53. The van der Waals surface area contributed by atoms with Gasteiger partial charge in [-0.1, -0.05) is 24.3 Å². The summed E-state index contributed by atoms with van der Waals surface area (Å²) in [5, 5.41) is 4.31. The van der Waals surface area contributed by atoms with Gasteiger partial charge in [0.15, 0.2) is 5.43 Å². The summed E-state index contributed by atoms with van der Waals surface area (Å²) < 4.78 is 7.26. The number of hydrogen-bond acceptors (Lipinski definition) is 3. The summed E-state index contributed by atoms with van der Waals surface area (Å²) in [6.45, 7) is 2.15. The van der Waals surface area contributed by atoms with Crippen molar-refractivity contribution in [2.75, 3.05) is 0 Å². The molecule has 0 aliphatic carbocycles. The number of nitrogens with zero attached hydrogens (tertiary/aromatic N) is 1. The Kier molecular flexibility index (Phi) is 4.98. The average Bonchev–Trinajstić information content (AvgIpc) is 3.23. The van der Waals surface area contributed by atoms with Crippen molar-refractivity contribution in [1.29, 1.82) is 0 Å². The highest BCUT2D eigenvalue weighted by atomic mass is 16.3. The first-order valence-electron chi connectivity index (χ1n) is 9.45. The van der Waals surface area contributed by atoms with Crippen LogP contribution in [0.25, 0.3) is 21.8 Å². The fourth-order valence-corrected chi connectivity index (χ4v) is 3.60. The lowest BCUT2D eigenvalue weighted by molar-refractivity contribution is -0.122. The summed E-state index contributed by atoms with van der Waals surface area (Å²) >= 11 is 0. The van der Waals surface area contributed by atoms with Gasteiger partial charge in [-0.2, -0.15) is 0 Å². The molecule has 1 N–H and O–H groups in total. The second-order valence-electron chi connectivity index (χ2n) is 7.04. The minimum absolute atomic E-state index is 0.00493. The van der Waals surface area contributed by atoms with Crippen LogP contribution in [-0.2, 0) is 17.8 Å². The Bertz CT molecular complexity index is 1120. The number of para-hydroxylation sites is 2. The highest BCUT2D eigenvalue weighted by Gasteiger charge is 2.14. The molecule has 0 saturated heterocycles. The topological polar surface area (TPSA) is 64.2 Å². The predicted molar refractivity (Wildman–Crippen MR) is 110 cm³/mol. The number of pyridine rings is 1. The maximum absolute atomic E-state index is 12.8. The maximum atomic E-state index is 12.8. The van der Waals surface area contributed by atoms with E-state index in [1.165, 1.54) is 0 Å². The fourth-order valence-electron chi connectivity index (χ4n) is 3.60. The Hall–Kier alpha value is -3.34. The first kappa shape index (κ1) is 18.0. The number of aromatic nitrogens is 1. The van der Waals surface area contributed by atoms with Crippen LogP contribution in [0.1, 0.15) is 19.1 Å². The Balaban J connectivity index is 1.59. The molecule has 5 heteroatoms.